The number of benzene rings is 1. The second kappa shape index (κ2) is 9.68. The molecule has 4 N–H and O–H groups in total. The number of Topliss-reactive ketones (excluding diaryl/α,β-unsaturated/α-hetero) is 5. The molecule has 6 atom stereocenters. The van der Waals surface area contributed by atoms with E-state index in [4.69, 9.17) is 10.5 Å². The number of carbonyl (C=O) groups excluding carboxylic acids is 7. The van der Waals surface area contributed by atoms with Gasteiger partial charge in [0.2, 0.25) is 5.91 Å². The van der Waals surface area contributed by atoms with Gasteiger partial charge in [0.15, 0.2) is 34.7 Å². The smallest absolute Gasteiger partial charge is 0.295 e. The first-order valence-corrected chi connectivity index (χ1v) is 12.9. The van der Waals surface area contributed by atoms with E-state index in [1.54, 1.807) is 0 Å². The summed E-state index contributed by atoms with van der Waals surface area (Å²) in [5.74, 6) is -13.7. The van der Waals surface area contributed by atoms with Gasteiger partial charge in [0.25, 0.3) is 11.7 Å². The Balaban J connectivity index is 1.58. The maximum Gasteiger partial charge on any atom is 0.295 e. The lowest BCUT2D eigenvalue weighted by Crippen LogP contribution is -2.74. The molecule has 13 nitrogen and oxygen atoms in total. The lowest BCUT2D eigenvalue weighted by molar-refractivity contribution is -0.181. The van der Waals surface area contributed by atoms with Gasteiger partial charge in [-0.2, -0.15) is 0 Å². The number of ether oxygens (including phenoxy) is 1. The van der Waals surface area contributed by atoms with Crippen molar-refractivity contribution in [3.8, 4) is 5.75 Å². The topological polar surface area (TPSA) is 202 Å². The Morgan fingerprint density at radius 2 is 1.73 bits per heavy atom. The van der Waals surface area contributed by atoms with Crippen LogP contribution >= 0.6 is 0 Å². The number of nitrogens with two attached hydrogens (primary N) is 1. The van der Waals surface area contributed by atoms with Crippen molar-refractivity contribution >= 4 is 40.7 Å². The number of nitrogens with zero attached hydrogens (tertiary/aromatic N) is 2. The summed E-state index contributed by atoms with van der Waals surface area (Å²) in [6, 6.07) is 1.09. The van der Waals surface area contributed by atoms with Gasteiger partial charge in [-0.1, -0.05) is 0 Å². The number of phenolic OH excluding ortho intramolecular Hbond substituents is 1. The van der Waals surface area contributed by atoms with Crippen LogP contribution < -0.4 is 5.73 Å². The first kappa shape index (κ1) is 27.7. The molecule has 212 valence electrons. The molecule has 5 rings (SSSR count). The van der Waals surface area contributed by atoms with Crippen LogP contribution in [0.1, 0.15) is 32.7 Å². The molecule has 13 heteroatoms. The van der Waals surface area contributed by atoms with E-state index < -0.39 is 81.8 Å². The van der Waals surface area contributed by atoms with Crippen molar-refractivity contribution in [1.29, 1.82) is 0 Å². The van der Waals surface area contributed by atoms with Crippen LogP contribution in [0, 0.1) is 23.7 Å². The fourth-order valence-electron chi connectivity index (χ4n) is 6.84. The van der Waals surface area contributed by atoms with Crippen LogP contribution in [0.3, 0.4) is 0 Å². The summed E-state index contributed by atoms with van der Waals surface area (Å²) >= 11 is 0. The van der Waals surface area contributed by atoms with Crippen molar-refractivity contribution in [2.45, 2.75) is 24.5 Å². The van der Waals surface area contributed by atoms with E-state index in [2.05, 4.69) is 0 Å². The van der Waals surface area contributed by atoms with Crippen LogP contribution in [0.15, 0.2) is 12.1 Å². The Morgan fingerprint density at radius 3 is 2.33 bits per heavy atom. The van der Waals surface area contributed by atoms with Gasteiger partial charge in [-0.25, -0.2) is 0 Å². The minimum Gasteiger partial charge on any atom is -0.507 e. The zero-order valence-corrected chi connectivity index (χ0v) is 21.9. The predicted molar refractivity (Wildman–Crippen MR) is 133 cm³/mol. The standard InChI is InChI=1S/C27H29N3O10/c1-29(2)19-14-10-11-9-13-12(20(32)26(38)30-5-7-40-8-6-30)3-4-15(31)17(13)21(33)16(11)23(35)27(14,39)24(36)18(22(19)34)25(28)37/h3-4,11,14,16,18-19,31,39H,5-10H2,1-2H3,(H2,28,37)/t11-,14-,16?,18?,19-,27?/m0/s1. The molecule has 1 saturated heterocycles. The van der Waals surface area contributed by atoms with Crippen LogP contribution in [-0.4, -0.2) is 113 Å². The minimum atomic E-state index is -2.84. The number of fused-ring (bicyclic) bond motifs is 3. The largest absolute Gasteiger partial charge is 0.507 e. The number of primary amides is 1. The molecular formula is C27H29N3O10. The highest BCUT2D eigenvalue weighted by atomic mass is 16.5. The summed E-state index contributed by atoms with van der Waals surface area (Å²) in [7, 11) is 2.97. The molecule has 2 amide bonds. The number of hydrogen-bond acceptors (Lipinski definition) is 11. The molecule has 1 aromatic carbocycles. The Morgan fingerprint density at radius 1 is 1.07 bits per heavy atom. The maximum atomic E-state index is 13.8. The number of carbonyl (C=O) groups is 7. The minimum absolute atomic E-state index is 0.0842. The highest BCUT2D eigenvalue weighted by Crippen LogP contribution is 2.51. The molecule has 3 aliphatic carbocycles. The molecule has 3 unspecified atom stereocenters. The highest BCUT2D eigenvalue weighted by Gasteiger charge is 2.69. The number of aromatic hydroxyl groups is 1. The van der Waals surface area contributed by atoms with Crippen molar-refractivity contribution in [3.05, 3.63) is 28.8 Å². The van der Waals surface area contributed by atoms with E-state index in [1.165, 1.54) is 30.0 Å². The Bertz CT molecular complexity index is 1380. The van der Waals surface area contributed by atoms with Crippen LogP contribution in [0.2, 0.25) is 0 Å². The van der Waals surface area contributed by atoms with Crippen LogP contribution in [0.25, 0.3) is 0 Å². The number of aliphatic hydroxyl groups is 1. The van der Waals surface area contributed by atoms with Gasteiger partial charge in [-0.3, -0.25) is 38.5 Å². The van der Waals surface area contributed by atoms with Gasteiger partial charge in [0.1, 0.15) is 5.75 Å². The third-order valence-corrected chi connectivity index (χ3v) is 8.68. The zero-order chi connectivity index (χ0) is 29.3. The average Bonchev–Trinajstić information content (AvgIpc) is 2.90. The number of amides is 2. The van der Waals surface area contributed by atoms with E-state index in [-0.39, 0.29) is 55.8 Å². The monoisotopic (exact) mass is 555 g/mol. The fraction of sp³-hybridized carbons (Fsp3) is 0.519. The molecule has 1 heterocycles. The molecule has 3 fully saturated rings. The van der Waals surface area contributed by atoms with Crippen molar-refractivity contribution in [3.63, 3.8) is 0 Å². The summed E-state index contributed by atoms with van der Waals surface area (Å²) in [6.45, 7) is 0.956. The number of likely N-dealkylation sites (N-methyl/N-ethyl adjacent to an activating group) is 1. The fourth-order valence-corrected chi connectivity index (χ4v) is 6.84. The predicted octanol–water partition coefficient (Wildman–Crippen LogP) is -2.09. The average molecular weight is 556 g/mol. The molecule has 0 spiro atoms. The number of morpholine rings is 1. The van der Waals surface area contributed by atoms with Gasteiger partial charge < -0.3 is 25.6 Å². The SMILES string of the molecule is CN(C)[C@@H]1C(=O)C(C(N)=O)C(=O)C2(O)C(=O)C3C(=O)c4c(O)ccc(C(=O)C(=O)N5CCOCC5)c4C[C@H]3C[C@@H]12. The normalized spacial score (nSPS) is 31.9. The van der Waals surface area contributed by atoms with Gasteiger partial charge >= 0.3 is 0 Å². The second-order valence-corrected chi connectivity index (χ2v) is 11.0. The first-order valence-electron chi connectivity index (χ1n) is 12.9. The first-order chi connectivity index (χ1) is 18.8. The Kier molecular flexibility index (Phi) is 6.71. The summed E-state index contributed by atoms with van der Waals surface area (Å²) in [5.41, 5.74) is 2.11. The number of phenols is 1. The number of ketones is 5. The molecule has 0 bridgehead atoms. The number of hydrogen-bond donors (Lipinski definition) is 3. The quantitative estimate of drug-likeness (QED) is 0.209. The second-order valence-electron chi connectivity index (χ2n) is 11.0. The zero-order valence-electron chi connectivity index (χ0n) is 21.9. The lowest BCUT2D eigenvalue weighted by Gasteiger charge is -2.52. The molecule has 0 aromatic heterocycles. The van der Waals surface area contributed by atoms with Gasteiger partial charge in [0, 0.05) is 24.6 Å². The van der Waals surface area contributed by atoms with Crippen molar-refractivity contribution in [1.82, 2.24) is 9.80 Å². The van der Waals surface area contributed by atoms with E-state index in [1.807, 2.05) is 0 Å². The van der Waals surface area contributed by atoms with Crippen LogP contribution in [0.5, 0.6) is 5.75 Å². The van der Waals surface area contributed by atoms with Crippen molar-refractivity contribution in [2.75, 3.05) is 40.4 Å². The molecule has 2 saturated carbocycles. The third-order valence-electron chi connectivity index (χ3n) is 8.68. The summed E-state index contributed by atoms with van der Waals surface area (Å²) < 4.78 is 5.22. The van der Waals surface area contributed by atoms with Crippen molar-refractivity contribution < 1.29 is 48.5 Å². The van der Waals surface area contributed by atoms with Gasteiger partial charge in [-0.05, 0) is 50.6 Å². The third kappa shape index (κ3) is 3.83. The molecule has 4 aliphatic rings. The summed E-state index contributed by atoms with van der Waals surface area (Å²) in [4.78, 5) is 95.1. The highest BCUT2D eigenvalue weighted by molar-refractivity contribution is 6.43. The molecular weight excluding hydrogens is 526 g/mol. The van der Waals surface area contributed by atoms with E-state index >= 15 is 0 Å². The van der Waals surface area contributed by atoms with Gasteiger partial charge in [-0.15, -0.1) is 0 Å². The lowest BCUT2D eigenvalue weighted by atomic mass is 9.52. The Hall–Kier alpha value is -3.81. The molecule has 0 radical (unpaired) electrons. The number of rotatable bonds is 4. The van der Waals surface area contributed by atoms with Crippen LogP contribution in [0.4, 0.5) is 0 Å². The Labute approximate surface area is 228 Å². The van der Waals surface area contributed by atoms with E-state index in [0.29, 0.717) is 0 Å². The summed E-state index contributed by atoms with van der Waals surface area (Å²) in [5, 5.41) is 22.2. The van der Waals surface area contributed by atoms with Gasteiger partial charge in [0.05, 0.1) is 30.7 Å². The van der Waals surface area contributed by atoms with E-state index in [0.717, 1.165) is 6.07 Å². The van der Waals surface area contributed by atoms with E-state index in [9.17, 15) is 43.8 Å². The summed E-state index contributed by atoms with van der Waals surface area (Å²) in [6.07, 6.45) is -0.276. The molecule has 1 aliphatic heterocycles. The van der Waals surface area contributed by atoms with Crippen molar-refractivity contribution in [2.24, 2.45) is 29.4 Å². The molecule has 1 aromatic rings. The maximum absolute atomic E-state index is 13.8. The molecule has 40 heavy (non-hydrogen) atoms. The van der Waals surface area contributed by atoms with Crippen LogP contribution in [-0.2, 0) is 35.1 Å².